The van der Waals surface area contributed by atoms with Crippen LogP contribution in [-0.4, -0.2) is 11.5 Å². The number of unbranched alkanes of at least 4 members (excludes halogenated alkanes) is 2. The zero-order valence-corrected chi connectivity index (χ0v) is 18.7. The second-order valence-corrected chi connectivity index (χ2v) is 8.05. The molecule has 1 unspecified atom stereocenters. The Morgan fingerprint density at radius 1 is 1.15 bits per heavy atom. The van der Waals surface area contributed by atoms with Crippen molar-refractivity contribution >= 4 is 11.5 Å². The van der Waals surface area contributed by atoms with Gasteiger partial charge in [0.2, 0.25) is 0 Å². The summed E-state index contributed by atoms with van der Waals surface area (Å²) in [6, 6.07) is 0. The van der Waals surface area contributed by atoms with Crippen LogP contribution in [0.25, 0.3) is 0 Å². The molecule has 0 aromatic heterocycles. The molecular formula is C25H41NO. The maximum Gasteiger partial charge on any atom is 0.179 e. The van der Waals surface area contributed by atoms with Crippen molar-refractivity contribution in [3.05, 3.63) is 34.6 Å². The molecule has 0 fully saturated rings. The Bertz CT molecular complexity index is 604. The van der Waals surface area contributed by atoms with Gasteiger partial charge in [0.15, 0.2) is 5.78 Å². The molecule has 0 aromatic rings. The number of hydrogen-bond acceptors (Lipinski definition) is 2. The van der Waals surface area contributed by atoms with Gasteiger partial charge in [-0.1, -0.05) is 52.2 Å². The monoisotopic (exact) mass is 371 g/mol. The van der Waals surface area contributed by atoms with E-state index in [0.29, 0.717) is 0 Å². The molecule has 0 aromatic carbocycles. The first-order valence-electron chi connectivity index (χ1n) is 11.1. The molecule has 152 valence electrons. The maximum atomic E-state index is 12.9. The van der Waals surface area contributed by atoms with E-state index in [9.17, 15) is 4.79 Å². The molecule has 0 saturated heterocycles. The van der Waals surface area contributed by atoms with Crippen LogP contribution in [0, 0.1) is 5.92 Å². The Balaban J connectivity index is 3.36. The molecule has 27 heavy (non-hydrogen) atoms. The predicted molar refractivity (Wildman–Crippen MR) is 119 cm³/mol. The first-order valence-corrected chi connectivity index (χ1v) is 11.1. The van der Waals surface area contributed by atoms with E-state index in [2.05, 4.69) is 46.8 Å². The minimum Gasteiger partial charge on any atom is -0.293 e. The predicted octanol–water partition coefficient (Wildman–Crippen LogP) is 7.75. The number of carbonyl (C=O) groups excluding carboxylic acids is 1. The van der Waals surface area contributed by atoms with E-state index in [1.807, 2.05) is 6.92 Å². The number of hydrogen-bond donors (Lipinski definition) is 0. The topological polar surface area (TPSA) is 29.4 Å². The van der Waals surface area contributed by atoms with Crippen LogP contribution in [0.3, 0.4) is 0 Å². The zero-order valence-electron chi connectivity index (χ0n) is 18.7. The van der Waals surface area contributed by atoms with E-state index in [1.165, 1.54) is 36.0 Å². The fraction of sp³-hybridized carbons (Fsp3) is 0.680. The first kappa shape index (κ1) is 23.6. The summed E-state index contributed by atoms with van der Waals surface area (Å²) in [5, 5.41) is 0. The Hall–Kier alpha value is -1.44. The van der Waals surface area contributed by atoms with Gasteiger partial charge in [0, 0.05) is 5.92 Å². The molecule has 0 radical (unpaired) electrons. The van der Waals surface area contributed by atoms with Gasteiger partial charge < -0.3 is 0 Å². The van der Waals surface area contributed by atoms with Crippen LogP contribution in [-0.2, 0) is 4.79 Å². The lowest BCUT2D eigenvalue weighted by atomic mass is 9.91. The molecular weight excluding hydrogens is 330 g/mol. The lowest BCUT2D eigenvalue weighted by molar-refractivity contribution is -0.116. The number of ketones is 1. The van der Waals surface area contributed by atoms with E-state index in [-0.39, 0.29) is 11.7 Å². The summed E-state index contributed by atoms with van der Waals surface area (Å²) in [5.74, 6) is 0.284. The zero-order chi connectivity index (χ0) is 20.2. The molecule has 0 aliphatic heterocycles. The minimum absolute atomic E-state index is 0.0532. The lowest BCUT2D eigenvalue weighted by Gasteiger charge is -2.17. The number of aliphatic imine (C=N–C) groups is 1. The molecule has 1 rings (SSSR count). The van der Waals surface area contributed by atoms with Gasteiger partial charge in [0.05, 0.1) is 11.4 Å². The second-order valence-electron chi connectivity index (χ2n) is 8.05. The maximum absolute atomic E-state index is 12.9. The second kappa shape index (κ2) is 12.9. The van der Waals surface area contributed by atoms with Crippen molar-refractivity contribution in [2.45, 2.75) is 106 Å². The summed E-state index contributed by atoms with van der Waals surface area (Å²) >= 11 is 0. The first-order chi connectivity index (χ1) is 12.9. The van der Waals surface area contributed by atoms with E-state index in [4.69, 9.17) is 4.99 Å². The van der Waals surface area contributed by atoms with Crippen LogP contribution in [0.1, 0.15) is 106 Å². The fourth-order valence-electron chi connectivity index (χ4n) is 3.33. The normalized spacial score (nSPS) is 18.1. The van der Waals surface area contributed by atoms with E-state index in [0.717, 1.165) is 56.4 Å². The van der Waals surface area contributed by atoms with Gasteiger partial charge in [-0.05, 0) is 82.4 Å². The molecule has 1 aliphatic rings. The molecule has 2 heteroatoms. The van der Waals surface area contributed by atoms with Crippen LogP contribution in [0.15, 0.2) is 39.6 Å². The van der Waals surface area contributed by atoms with Crippen molar-refractivity contribution in [2.75, 3.05) is 0 Å². The number of allylic oxidation sites excluding steroid dienone is 5. The molecule has 0 spiro atoms. The summed E-state index contributed by atoms with van der Waals surface area (Å²) in [4.78, 5) is 17.9. The Morgan fingerprint density at radius 3 is 2.44 bits per heavy atom. The third-order valence-electron chi connectivity index (χ3n) is 5.62. The average Bonchev–Trinajstić information content (AvgIpc) is 2.68. The highest BCUT2D eigenvalue weighted by Crippen LogP contribution is 2.28. The van der Waals surface area contributed by atoms with Gasteiger partial charge >= 0.3 is 0 Å². The number of Topliss-reactive ketones (excluding diaryl/α,β-unsaturated/α-hetero) is 1. The van der Waals surface area contributed by atoms with Gasteiger partial charge in [0.25, 0.3) is 0 Å². The van der Waals surface area contributed by atoms with Crippen LogP contribution >= 0.6 is 0 Å². The smallest absolute Gasteiger partial charge is 0.179 e. The van der Waals surface area contributed by atoms with Crippen molar-refractivity contribution in [3.63, 3.8) is 0 Å². The third-order valence-corrected chi connectivity index (χ3v) is 5.62. The molecule has 0 saturated carbocycles. The molecule has 1 atom stereocenters. The molecule has 0 N–H and O–H groups in total. The number of nitrogens with zero attached hydrogens (tertiary/aromatic N) is 1. The summed E-state index contributed by atoms with van der Waals surface area (Å²) in [7, 11) is 0. The Kier molecular flexibility index (Phi) is 11.2. The van der Waals surface area contributed by atoms with Gasteiger partial charge in [-0.15, -0.1) is 0 Å². The molecule has 0 amide bonds. The van der Waals surface area contributed by atoms with Crippen LogP contribution < -0.4 is 0 Å². The van der Waals surface area contributed by atoms with Crippen LogP contribution in [0.2, 0.25) is 0 Å². The van der Waals surface area contributed by atoms with Gasteiger partial charge in [-0.25, -0.2) is 4.99 Å². The summed E-state index contributed by atoms with van der Waals surface area (Å²) in [5.41, 5.74) is 5.89. The van der Waals surface area contributed by atoms with Crippen molar-refractivity contribution < 1.29 is 4.79 Å². The third kappa shape index (κ3) is 7.99. The Labute approximate surface area is 167 Å². The largest absolute Gasteiger partial charge is 0.293 e. The number of rotatable bonds is 11. The van der Waals surface area contributed by atoms with Crippen molar-refractivity contribution in [1.29, 1.82) is 0 Å². The average molecular weight is 372 g/mol. The summed E-state index contributed by atoms with van der Waals surface area (Å²) in [6.45, 7) is 12.9. The standard InChI is InChI=1S/C25H41NO/c1-7-10-14-21(6)24(18-22-16-13-12-15-20(22)5)26-23(17-11-8-2)25(27)19(4)9-3/h14,18-19H,7-13,15-17H2,1-6H3/b21-14+,24-18+,26-23?. The van der Waals surface area contributed by atoms with Gasteiger partial charge in [0.1, 0.15) is 0 Å². The van der Waals surface area contributed by atoms with Gasteiger partial charge in [-0.2, -0.15) is 0 Å². The Morgan fingerprint density at radius 2 is 1.85 bits per heavy atom. The highest BCUT2D eigenvalue weighted by atomic mass is 16.1. The quantitative estimate of drug-likeness (QED) is 0.269. The minimum atomic E-state index is 0.0532. The van der Waals surface area contributed by atoms with Crippen molar-refractivity contribution in [3.8, 4) is 0 Å². The SMILES string of the molecule is CCC/C=C(C)/C(=C\C1=C(C)CCCC1)N=C(CCCC)C(=O)C(C)CC. The summed E-state index contributed by atoms with van der Waals surface area (Å²) in [6.07, 6.45) is 15.4. The number of carbonyl (C=O) groups is 1. The highest BCUT2D eigenvalue weighted by molar-refractivity contribution is 6.40. The molecule has 0 bridgehead atoms. The van der Waals surface area contributed by atoms with E-state index >= 15 is 0 Å². The highest BCUT2D eigenvalue weighted by Gasteiger charge is 2.18. The van der Waals surface area contributed by atoms with E-state index < -0.39 is 0 Å². The fourth-order valence-corrected chi connectivity index (χ4v) is 3.33. The van der Waals surface area contributed by atoms with Crippen molar-refractivity contribution in [1.82, 2.24) is 0 Å². The van der Waals surface area contributed by atoms with Crippen molar-refractivity contribution in [2.24, 2.45) is 10.9 Å². The van der Waals surface area contributed by atoms with E-state index in [1.54, 1.807) is 0 Å². The summed E-state index contributed by atoms with van der Waals surface area (Å²) < 4.78 is 0. The van der Waals surface area contributed by atoms with Gasteiger partial charge in [-0.3, -0.25) is 4.79 Å². The molecule has 2 nitrogen and oxygen atoms in total. The van der Waals surface area contributed by atoms with Crippen LogP contribution in [0.5, 0.6) is 0 Å². The molecule has 0 heterocycles. The van der Waals surface area contributed by atoms with Crippen LogP contribution in [0.4, 0.5) is 0 Å². The lowest BCUT2D eigenvalue weighted by Crippen LogP contribution is -2.21. The molecule has 1 aliphatic carbocycles.